The number of hydrogen-bond acceptors (Lipinski definition) is 3. The summed E-state index contributed by atoms with van der Waals surface area (Å²) in [7, 11) is 1.94. The van der Waals surface area contributed by atoms with E-state index >= 15 is 0 Å². The molecule has 0 saturated heterocycles. The summed E-state index contributed by atoms with van der Waals surface area (Å²) in [6.45, 7) is 2.83. The predicted molar refractivity (Wildman–Crippen MR) is 84.3 cm³/mol. The zero-order valence-corrected chi connectivity index (χ0v) is 12.2. The second kappa shape index (κ2) is 5.89. The summed E-state index contributed by atoms with van der Waals surface area (Å²) < 4.78 is 1.83. The van der Waals surface area contributed by atoms with Gasteiger partial charge in [-0.15, -0.1) is 0 Å². The highest BCUT2D eigenvalue weighted by atomic mass is 15.3. The molecule has 2 heterocycles. The molecule has 3 rings (SSSR count). The van der Waals surface area contributed by atoms with E-state index in [-0.39, 0.29) is 0 Å². The van der Waals surface area contributed by atoms with Crippen molar-refractivity contribution in [2.45, 2.75) is 13.5 Å². The minimum absolute atomic E-state index is 0.823. The van der Waals surface area contributed by atoms with E-state index in [0.717, 1.165) is 29.2 Å². The van der Waals surface area contributed by atoms with Gasteiger partial charge in [-0.1, -0.05) is 30.3 Å². The van der Waals surface area contributed by atoms with Crippen LogP contribution in [0, 0.1) is 6.92 Å². The van der Waals surface area contributed by atoms with Crippen molar-refractivity contribution in [1.82, 2.24) is 20.1 Å². The lowest BCUT2D eigenvalue weighted by molar-refractivity contribution is 0.796. The SMILES string of the molecule is CNCc1cc(C)nc(-n2cc(-c3ccccc3)cn2)c1. The molecule has 0 saturated carbocycles. The van der Waals surface area contributed by atoms with E-state index in [4.69, 9.17) is 0 Å². The third-order valence-corrected chi connectivity index (χ3v) is 3.31. The van der Waals surface area contributed by atoms with Gasteiger partial charge >= 0.3 is 0 Å². The van der Waals surface area contributed by atoms with Gasteiger partial charge in [0.05, 0.1) is 6.20 Å². The van der Waals surface area contributed by atoms with Crippen LogP contribution in [0.4, 0.5) is 0 Å². The molecule has 3 aromatic rings. The molecule has 0 fully saturated rings. The summed E-state index contributed by atoms with van der Waals surface area (Å²) in [6, 6.07) is 14.4. The van der Waals surface area contributed by atoms with Crippen molar-refractivity contribution in [3.8, 4) is 16.9 Å². The van der Waals surface area contributed by atoms with Gasteiger partial charge < -0.3 is 5.32 Å². The van der Waals surface area contributed by atoms with E-state index in [1.54, 1.807) is 0 Å². The number of aromatic nitrogens is 3. The molecule has 0 unspecified atom stereocenters. The zero-order chi connectivity index (χ0) is 14.7. The minimum atomic E-state index is 0.823. The van der Waals surface area contributed by atoms with Crippen LogP contribution < -0.4 is 5.32 Å². The topological polar surface area (TPSA) is 42.7 Å². The first-order chi connectivity index (χ1) is 10.3. The van der Waals surface area contributed by atoms with Gasteiger partial charge in [-0.05, 0) is 37.2 Å². The number of hydrogen-bond donors (Lipinski definition) is 1. The number of nitrogens with zero attached hydrogens (tertiary/aromatic N) is 3. The molecule has 0 aliphatic heterocycles. The number of pyridine rings is 1. The minimum Gasteiger partial charge on any atom is -0.316 e. The van der Waals surface area contributed by atoms with E-state index in [0.29, 0.717) is 0 Å². The molecule has 4 nitrogen and oxygen atoms in total. The fraction of sp³-hybridized carbons (Fsp3) is 0.176. The van der Waals surface area contributed by atoms with Crippen LogP contribution in [0.25, 0.3) is 16.9 Å². The Morgan fingerprint density at radius 1 is 1.10 bits per heavy atom. The number of benzene rings is 1. The van der Waals surface area contributed by atoms with Gasteiger partial charge in [0.15, 0.2) is 5.82 Å². The van der Waals surface area contributed by atoms with Crippen LogP contribution in [0.5, 0.6) is 0 Å². The Kier molecular flexibility index (Phi) is 3.79. The van der Waals surface area contributed by atoms with Crippen molar-refractivity contribution in [2.75, 3.05) is 7.05 Å². The first kappa shape index (κ1) is 13.5. The van der Waals surface area contributed by atoms with E-state index in [1.807, 2.05) is 49.2 Å². The molecule has 21 heavy (non-hydrogen) atoms. The van der Waals surface area contributed by atoms with E-state index < -0.39 is 0 Å². The van der Waals surface area contributed by atoms with Crippen LogP contribution in [0.3, 0.4) is 0 Å². The molecule has 106 valence electrons. The van der Waals surface area contributed by atoms with Gasteiger partial charge in [0.1, 0.15) is 0 Å². The van der Waals surface area contributed by atoms with Crippen molar-refractivity contribution < 1.29 is 0 Å². The van der Waals surface area contributed by atoms with E-state index in [1.165, 1.54) is 5.56 Å². The zero-order valence-electron chi connectivity index (χ0n) is 12.2. The molecule has 0 aliphatic rings. The van der Waals surface area contributed by atoms with Crippen molar-refractivity contribution in [3.05, 3.63) is 66.1 Å². The van der Waals surface area contributed by atoms with Crippen LogP contribution in [0.2, 0.25) is 0 Å². The molecule has 2 aromatic heterocycles. The largest absolute Gasteiger partial charge is 0.316 e. The summed E-state index contributed by atoms with van der Waals surface area (Å²) in [6.07, 6.45) is 3.89. The van der Waals surface area contributed by atoms with Crippen LogP contribution in [-0.4, -0.2) is 21.8 Å². The Hall–Kier alpha value is -2.46. The fourth-order valence-electron chi connectivity index (χ4n) is 2.37. The van der Waals surface area contributed by atoms with Crippen molar-refractivity contribution in [2.24, 2.45) is 0 Å². The van der Waals surface area contributed by atoms with Gasteiger partial charge in [-0.25, -0.2) is 9.67 Å². The third kappa shape index (κ3) is 3.01. The molecule has 0 atom stereocenters. The summed E-state index contributed by atoms with van der Waals surface area (Å²) in [5, 5.41) is 7.60. The lowest BCUT2D eigenvalue weighted by Crippen LogP contribution is -2.08. The third-order valence-electron chi connectivity index (χ3n) is 3.31. The lowest BCUT2D eigenvalue weighted by Gasteiger charge is -2.06. The standard InChI is InChI=1S/C17H18N4/c1-13-8-14(10-18-2)9-17(20-13)21-12-16(11-19-21)15-6-4-3-5-7-15/h3-9,11-12,18H,10H2,1-2H3. The maximum atomic E-state index is 4.57. The Labute approximate surface area is 124 Å². The number of nitrogens with one attached hydrogen (secondary N) is 1. The summed E-state index contributed by atoms with van der Waals surface area (Å²) in [4.78, 5) is 4.57. The van der Waals surface area contributed by atoms with Crippen molar-refractivity contribution in [1.29, 1.82) is 0 Å². The first-order valence-electron chi connectivity index (χ1n) is 6.99. The Balaban J connectivity index is 1.96. The Morgan fingerprint density at radius 2 is 1.90 bits per heavy atom. The quantitative estimate of drug-likeness (QED) is 0.798. The Morgan fingerprint density at radius 3 is 2.67 bits per heavy atom. The van der Waals surface area contributed by atoms with Crippen LogP contribution in [0.15, 0.2) is 54.9 Å². The van der Waals surface area contributed by atoms with Crippen LogP contribution in [-0.2, 0) is 6.54 Å². The normalized spacial score (nSPS) is 10.8. The maximum Gasteiger partial charge on any atom is 0.153 e. The molecule has 1 N–H and O–H groups in total. The number of rotatable bonds is 4. The fourth-order valence-corrected chi connectivity index (χ4v) is 2.37. The summed E-state index contributed by atoms with van der Waals surface area (Å²) in [5.74, 6) is 0.849. The predicted octanol–water partition coefficient (Wildman–Crippen LogP) is 2.96. The molecule has 1 aromatic carbocycles. The van der Waals surface area contributed by atoms with E-state index in [9.17, 15) is 0 Å². The second-order valence-corrected chi connectivity index (χ2v) is 5.04. The average Bonchev–Trinajstić information content (AvgIpc) is 2.98. The highest BCUT2D eigenvalue weighted by Crippen LogP contribution is 2.19. The van der Waals surface area contributed by atoms with Gasteiger partial charge in [-0.3, -0.25) is 0 Å². The summed E-state index contributed by atoms with van der Waals surface area (Å²) >= 11 is 0. The molecule has 0 aliphatic carbocycles. The van der Waals surface area contributed by atoms with Gasteiger partial charge in [-0.2, -0.15) is 5.10 Å². The van der Waals surface area contributed by atoms with Gasteiger partial charge in [0.25, 0.3) is 0 Å². The monoisotopic (exact) mass is 278 g/mol. The Bertz CT molecular complexity index is 732. The van der Waals surface area contributed by atoms with Gasteiger partial charge in [0.2, 0.25) is 0 Å². The first-order valence-corrected chi connectivity index (χ1v) is 6.99. The van der Waals surface area contributed by atoms with Gasteiger partial charge in [0, 0.05) is 24.0 Å². The van der Waals surface area contributed by atoms with Crippen molar-refractivity contribution >= 4 is 0 Å². The molecule has 0 radical (unpaired) electrons. The van der Waals surface area contributed by atoms with Crippen LogP contribution >= 0.6 is 0 Å². The molecular formula is C17H18N4. The molecule has 4 heteroatoms. The maximum absolute atomic E-state index is 4.57. The summed E-state index contributed by atoms with van der Waals surface area (Å²) in [5.41, 5.74) is 4.45. The van der Waals surface area contributed by atoms with Crippen molar-refractivity contribution in [3.63, 3.8) is 0 Å². The molecular weight excluding hydrogens is 260 g/mol. The average molecular weight is 278 g/mol. The smallest absolute Gasteiger partial charge is 0.153 e. The lowest BCUT2D eigenvalue weighted by atomic mass is 10.1. The highest BCUT2D eigenvalue weighted by molar-refractivity contribution is 5.61. The molecule has 0 amide bonds. The molecule has 0 bridgehead atoms. The van der Waals surface area contributed by atoms with Crippen LogP contribution in [0.1, 0.15) is 11.3 Å². The highest BCUT2D eigenvalue weighted by Gasteiger charge is 2.06. The number of aryl methyl sites for hydroxylation is 1. The van der Waals surface area contributed by atoms with E-state index in [2.05, 4.69) is 39.7 Å². The molecule has 0 spiro atoms. The second-order valence-electron chi connectivity index (χ2n) is 5.04.